The maximum absolute atomic E-state index is 11.5. The van der Waals surface area contributed by atoms with E-state index in [1.54, 1.807) is 0 Å². The number of fused-ring (bicyclic) bond motifs is 2. The van der Waals surface area contributed by atoms with Crippen LogP contribution in [0.15, 0.2) is 41.5 Å². The van der Waals surface area contributed by atoms with Crippen molar-refractivity contribution in [1.29, 1.82) is 0 Å². The van der Waals surface area contributed by atoms with Gasteiger partial charge in [0, 0.05) is 18.0 Å². The Bertz CT molecular complexity index is 1040. The first-order chi connectivity index (χ1) is 10.1. The van der Waals surface area contributed by atoms with Crippen molar-refractivity contribution in [2.75, 3.05) is 0 Å². The molecular formula is C16H13N3OS. The lowest BCUT2D eigenvalue weighted by atomic mass is 10.1. The van der Waals surface area contributed by atoms with Crippen LogP contribution in [0.4, 0.5) is 0 Å². The number of pyridine rings is 1. The van der Waals surface area contributed by atoms with E-state index in [1.807, 2.05) is 35.9 Å². The molecule has 4 rings (SSSR count). The molecule has 0 saturated carbocycles. The zero-order chi connectivity index (χ0) is 14.6. The summed E-state index contributed by atoms with van der Waals surface area (Å²) in [7, 11) is 0. The van der Waals surface area contributed by atoms with E-state index in [9.17, 15) is 4.79 Å². The van der Waals surface area contributed by atoms with Crippen LogP contribution in [0.5, 0.6) is 0 Å². The van der Waals surface area contributed by atoms with Gasteiger partial charge in [-0.3, -0.25) is 4.79 Å². The van der Waals surface area contributed by atoms with E-state index in [1.165, 1.54) is 16.9 Å². The number of rotatable bonds is 1. The van der Waals surface area contributed by atoms with E-state index in [-0.39, 0.29) is 4.87 Å². The molecular weight excluding hydrogens is 282 g/mol. The summed E-state index contributed by atoms with van der Waals surface area (Å²) in [5.74, 6) is 0. The maximum atomic E-state index is 11.5. The smallest absolute Gasteiger partial charge is 0.305 e. The van der Waals surface area contributed by atoms with Crippen molar-refractivity contribution in [3.05, 3.63) is 57.5 Å². The van der Waals surface area contributed by atoms with Crippen LogP contribution in [0.25, 0.3) is 27.1 Å². The van der Waals surface area contributed by atoms with Gasteiger partial charge in [0.25, 0.3) is 0 Å². The molecule has 0 aliphatic rings. The van der Waals surface area contributed by atoms with Crippen LogP contribution >= 0.6 is 11.3 Å². The Hall–Kier alpha value is -2.40. The fraction of sp³-hybridized carbons (Fsp3) is 0.125. The number of nitrogens with one attached hydrogen (secondary N) is 1. The van der Waals surface area contributed by atoms with Crippen molar-refractivity contribution in [3.63, 3.8) is 0 Å². The van der Waals surface area contributed by atoms with E-state index in [0.29, 0.717) is 0 Å². The largest absolute Gasteiger partial charge is 0.312 e. The molecule has 0 radical (unpaired) electrons. The Balaban J connectivity index is 1.98. The van der Waals surface area contributed by atoms with Crippen LogP contribution in [-0.2, 0) is 0 Å². The van der Waals surface area contributed by atoms with Gasteiger partial charge in [0.1, 0.15) is 5.65 Å². The molecule has 104 valence electrons. The topological polar surface area (TPSA) is 50.2 Å². The number of thiazole rings is 1. The van der Waals surface area contributed by atoms with Crippen LogP contribution in [0.2, 0.25) is 0 Å². The van der Waals surface area contributed by atoms with Gasteiger partial charge in [-0.05, 0) is 43.2 Å². The first-order valence-corrected chi connectivity index (χ1v) is 7.51. The summed E-state index contributed by atoms with van der Waals surface area (Å²) in [6.07, 6.45) is 4.04. The summed E-state index contributed by atoms with van der Waals surface area (Å²) >= 11 is 1.24. The average Bonchev–Trinajstić information content (AvgIpc) is 3.01. The minimum absolute atomic E-state index is 0.0177. The molecule has 0 aliphatic heterocycles. The molecule has 4 aromatic rings. The lowest BCUT2D eigenvalue weighted by Gasteiger charge is -2.03. The molecule has 0 amide bonds. The van der Waals surface area contributed by atoms with Crippen LogP contribution in [-0.4, -0.2) is 14.4 Å². The number of imidazole rings is 1. The summed E-state index contributed by atoms with van der Waals surface area (Å²) < 4.78 is 3.00. The van der Waals surface area contributed by atoms with Gasteiger partial charge in [0.05, 0.1) is 15.9 Å². The molecule has 4 nitrogen and oxygen atoms in total. The number of H-pyrrole nitrogens is 1. The minimum atomic E-state index is -0.0177. The van der Waals surface area contributed by atoms with Gasteiger partial charge < -0.3 is 9.38 Å². The highest BCUT2D eigenvalue weighted by atomic mass is 32.1. The molecule has 0 bridgehead atoms. The fourth-order valence-corrected chi connectivity index (χ4v) is 3.44. The number of nitrogens with zero attached hydrogens (tertiary/aromatic N) is 2. The van der Waals surface area contributed by atoms with E-state index in [2.05, 4.69) is 24.0 Å². The SMILES string of the molecule is Cc1ccn2cc(-c3ccc4sc(=O)[nH]c4c3C)nc2c1. The van der Waals surface area contributed by atoms with E-state index >= 15 is 0 Å². The highest BCUT2D eigenvalue weighted by Gasteiger charge is 2.11. The second-order valence-electron chi connectivity index (χ2n) is 5.22. The fourth-order valence-electron chi connectivity index (χ4n) is 2.65. The van der Waals surface area contributed by atoms with Crippen molar-refractivity contribution >= 4 is 27.2 Å². The third-order valence-electron chi connectivity index (χ3n) is 3.75. The number of aryl methyl sites for hydroxylation is 2. The van der Waals surface area contributed by atoms with Crippen LogP contribution in [0, 0.1) is 13.8 Å². The molecule has 1 aromatic carbocycles. The Kier molecular flexibility index (Phi) is 2.53. The van der Waals surface area contributed by atoms with Crippen LogP contribution < -0.4 is 4.87 Å². The van der Waals surface area contributed by atoms with Gasteiger partial charge in [0.2, 0.25) is 0 Å². The molecule has 0 fully saturated rings. The number of hydrogen-bond acceptors (Lipinski definition) is 3. The van der Waals surface area contributed by atoms with Crippen molar-refractivity contribution in [3.8, 4) is 11.3 Å². The summed E-state index contributed by atoms with van der Waals surface area (Å²) in [6.45, 7) is 4.08. The highest BCUT2D eigenvalue weighted by Crippen LogP contribution is 2.29. The third-order valence-corrected chi connectivity index (χ3v) is 4.60. The molecule has 1 N–H and O–H groups in total. The molecule has 0 spiro atoms. The van der Waals surface area contributed by atoms with Crippen LogP contribution in [0.1, 0.15) is 11.1 Å². The second-order valence-corrected chi connectivity index (χ2v) is 6.24. The van der Waals surface area contributed by atoms with Gasteiger partial charge in [-0.25, -0.2) is 4.98 Å². The average molecular weight is 295 g/mol. The Labute approximate surface area is 124 Å². The first kappa shape index (κ1) is 12.3. The summed E-state index contributed by atoms with van der Waals surface area (Å²) in [5.41, 5.74) is 6.07. The van der Waals surface area contributed by atoms with E-state index < -0.39 is 0 Å². The van der Waals surface area contributed by atoms with E-state index in [4.69, 9.17) is 4.98 Å². The lowest BCUT2D eigenvalue weighted by Crippen LogP contribution is -1.92. The quantitative estimate of drug-likeness (QED) is 0.584. The van der Waals surface area contributed by atoms with Gasteiger partial charge in [-0.2, -0.15) is 0 Å². The minimum Gasteiger partial charge on any atom is -0.312 e. The lowest BCUT2D eigenvalue weighted by molar-refractivity contribution is 1.17. The molecule has 0 unspecified atom stereocenters. The first-order valence-electron chi connectivity index (χ1n) is 6.70. The van der Waals surface area contributed by atoms with Crippen molar-refractivity contribution in [2.24, 2.45) is 0 Å². The third kappa shape index (κ3) is 1.89. The van der Waals surface area contributed by atoms with Gasteiger partial charge in [0.15, 0.2) is 0 Å². The summed E-state index contributed by atoms with van der Waals surface area (Å²) in [6, 6.07) is 8.14. The van der Waals surface area contributed by atoms with Gasteiger partial charge in [-0.1, -0.05) is 17.4 Å². The number of aromatic nitrogens is 3. The van der Waals surface area contributed by atoms with Crippen molar-refractivity contribution in [2.45, 2.75) is 13.8 Å². The van der Waals surface area contributed by atoms with Gasteiger partial charge in [-0.15, -0.1) is 0 Å². The number of hydrogen-bond donors (Lipinski definition) is 1. The molecule has 5 heteroatoms. The zero-order valence-corrected chi connectivity index (χ0v) is 12.5. The van der Waals surface area contributed by atoms with Gasteiger partial charge >= 0.3 is 4.87 Å². The Morgan fingerprint density at radius 1 is 1.24 bits per heavy atom. The summed E-state index contributed by atoms with van der Waals surface area (Å²) in [4.78, 5) is 19.1. The number of aromatic amines is 1. The molecule has 3 heterocycles. The molecule has 0 aliphatic carbocycles. The Morgan fingerprint density at radius 3 is 2.95 bits per heavy atom. The molecule has 0 atom stereocenters. The zero-order valence-electron chi connectivity index (χ0n) is 11.7. The molecule has 3 aromatic heterocycles. The normalized spacial score (nSPS) is 11.5. The second kappa shape index (κ2) is 4.30. The van der Waals surface area contributed by atoms with Crippen molar-refractivity contribution < 1.29 is 0 Å². The van der Waals surface area contributed by atoms with E-state index in [0.717, 1.165) is 32.7 Å². The Morgan fingerprint density at radius 2 is 2.10 bits per heavy atom. The standard InChI is InChI=1S/C16H13N3OS/c1-9-5-6-19-8-12(17-14(19)7-9)11-3-4-13-15(10(11)2)18-16(20)21-13/h3-8H,1-2H3,(H,18,20). The maximum Gasteiger partial charge on any atom is 0.305 e. The number of benzene rings is 1. The monoisotopic (exact) mass is 295 g/mol. The summed E-state index contributed by atoms with van der Waals surface area (Å²) in [5, 5.41) is 0. The predicted molar refractivity (Wildman–Crippen MR) is 86.1 cm³/mol. The molecule has 21 heavy (non-hydrogen) atoms. The van der Waals surface area contributed by atoms with Crippen molar-refractivity contribution in [1.82, 2.24) is 14.4 Å². The molecule has 0 saturated heterocycles. The highest BCUT2D eigenvalue weighted by molar-refractivity contribution is 7.16. The van der Waals surface area contributed by atoms with Crippen LogP contribution in [0.3, 0.4) is 0 Å². The predicted octanol–water partition coefficient (Wildman–Crippen LogP) is 3.52.